The highest BCUT2D eigenvalue weighted by molar-refractivity contribution is 7.89. The number of nitrogens with one attached hydrogen (secondary N) is 2. The Morgan fingerprint density at radius 3 is 2.52 bits per heavy atom. The van der Waals surface area contributed by atoms with Crippen LogP contribution in [0.2, 0.25) is 0 Å². The molecule has 0 aliphatic heterocycles. The number of sulfonamides is 1. The summed E-state index contributed by atoms with van der Waals surface area (Å²) in [5.41, 5.74) is 0. The average Bonchev–Trinajstić information content (AvgIpc) is 2.50. The van der Waals surface area contributed by atoms with Gasteiger partial charge in [0.1, 0.15) is 5.82 Å². The minimum atomic E-state index is -3.71. The molecular weight excluding hydrogens is 319 g/mol. The molecule has 1 aromatic rings. The molecule has 0 aromatic heterocycles. The van der Waals surface area contributed by atoms with Gasteiger partial charge in [0.15, 0.2) is 0 Å². The number of benzene rings is 1. The van der Waals surface area contributed by atoms with Crippen LogP contribution in [0.15, 0.2) is 29.2 Å². The number of hydrogen-bond donors (Lipinski definition) is 2. The number of hydrogen-bond acceptors (Lipinski definition) is 3. The third-order valence-corrected chi connectivity index (χ3v) is 5.70. The van der Waals surface area contributed by atoms with Gasteiger partial charge in [0.25, 0.3) is 0 Å². The number of amides is 1. The predicted molar refractivity (Wildman–Crippen MR) is 85.8 cm³/mol. The van der Waals surface area contributed by atoms with E-state index in [4.69, 9.17) is 0 Å². The van der Waals surface area contributed by atoms with Crippen LogP contribution in [0.25, 0.3) is 0 Å². The highest BCUT2D eigenvalue weighted by Gasteiger charge is 2.22. The van der Waals surface area contributed by atoms with Crippen molar-refractivity contribution >= 4 is 15.9 Å². The molecular formula is C16H23FN2O3S. The van der Waals surface area contributed by atoms with E-state index in [2.05, 4.69) is 17.0 Å². The monoisotopic (exact) mass is 342 g/mol. The largest absolute Gasteiger partial charge is 0.353 e. The van der Waals surface area contributed by atoms with E-state index in [1.165, 1.54) is 18.6 Å². The minimum Gasteiger partial charge on any atom is -0.353 e. The average molecular weight is 342 g/mol. The van der Waals surface area contributed by atoms with Gasteiger partial charge >= 0.3 is 0 Å². The minimum absolute atomic E-state index is 0.0137. The second-order valence-electron chi connectivity index (χ2n) is 6.04. The van der Waals surface area contributed by atoms with Crippen LogP contribution in [0.1, 0.15) is 39.0 Å². The Labute approximate surface area is 136 Å². The van der Waals surface area contributed by atoms with Crippen LogP contribution in [-0.4, -0.2) is 26.9 Å². The summed E-state index contributed by atoms with van der Waals surface area (Å²) < 4.78 is 39.2. The molecule has 1 saturated carbocycles. The lowest BCUT2D eigenvalue weighted by atomic mass is 9.86. The van der Waals surface area contributed by atoms with E-state index in [1.54, 1.807) is 0 Å². The molecule has 128 valence electrons. The summed E-state index contributed by atoms with van der Waals surface area (Å²) in [6.07, 6.45) is 4.50. The highest BCUT2D eigenvalue weighted by Crippen LogP contribution is 2.23. The maximum absolute atomic E-state index is 12.8. The molecule has 2 rings (SSSR count). The smallest absolute Gasteiger partial charge is 0.240 e. The summed E-state index contributed by atoms with van der Waals surface area (Å²) in [5.74, 6) is -0.181. The zero-order valence-electron chi connectivity index (χ0n) is 13.2. The van der Waals surface area contributed by atoms with Gasteiger partial charge in [-0.05, 0) is 43.0 Å². The van der Waals surface area contributed by atoms with Crippen molar-refractivity contribution in [1.29, 1.82) is 0 Å². The van der Waals surface area contributed by atoms with Crippen LogP contribution >= 0.6 is 0 Å². The van der Waals surface area contributed by atoms with E-state index in [-0.39, 0.29) is 29.8 Å². The summed E-state index contributed by atoms with van der Waals surface area (Å²) in [4.78, 5) is 11.9. The van der Waals surface area contributed by atoms with E-state index >= 15 is 0 Å². The van der Waals surface area contributed by atoms with Crippen molar-refractivity contribution in [2.45, 2.75) is 50.0 Å². The van der Waals surface area contributed by atoms with Crippen LogP contribution in [0.3, 0.4) is 0 Å². The second-order valence-corrected chi connectivity index (χ2v) is 7.80. The first kappa shape index (κ1) is 17.9. The van der Waals surface area contributed by atoms with Crippen molar-refractivity contribution in [2.24, 2.45) is 5.92 Å². The fraction of sp³-hybridized carbons (Fsp3) is 0.562. The van der Waals surface area contributed by atoms with Gasteiger partial charge < -0.3 is 5.32 Å². The van der Waals surface area contributed by atoms with Crippen molar-refractivity contribution in [2.75, 3.05) is 6.54 Å². The molecule has 7 heteroatoms. The van der Waals surface area contributed by atoms with Crippen molar-refractivity contribution in [3.63, 3.8) is 0 Å². The molecule has 2 atom stereocenters. The molecule has 0 bridgehead atoms. The summed E-state index contributed by atoms with van der Waals surface area (Å²) in [5, 5.41) is 2.98. The lowest BCUT2D eigenvalue weighted by molar-refractivity contribution is -0.122. The molecule has 0 radical (unpaired) electrons. The highest BCUT2D eigenvalue weighted by atomic mass is 32.2. The first-order valence-electron chi connectivity index (χ1n) is 7.93. The third kappa shape index (κ3) is 5.28. The van der Waals surface area contributed by atoms with Crippen LogP contribution in [-0.2, 0) is 14.8 Å². The number of carbonyl (C=O) groups excluding carboxylic acids is 1. The summed E-state index contributed by atoms with van der Waals surface area (Å²) in [6.45, 7) is 2.15. The molecule has 5 nitrogen and oxygen atoms in total. The fourth-order valence-corrected chi connectivity index (χ4v) is 3.84. The molecule has 0 spiro atoms. The molecule has 1 fully saturated rings. The summed E-state index contributed by atoms with van der Waals surface area (Å²) in [6, 6.07) is 4.75. The van der Waals surface area contributed by atoms with E-state index in [0.717, 1.165) is 31.4 Å². The van der Waals surface area contributed by atoms with Gasteiger partial charge in [0.2, 0.25) is 15.9 Å². The molecule has 1 aromatic carbocycles. The van der Waals surface area contributed by atoms with Crippen LogP contribution in [0.4, 0.5) is 4.39 Å². The molecule has 1 aliphatic carbocycles. The molecule has 23 heavy (non-hydrogen) atoms. The van der Waals surface area contributed by atoms with Gasteiger partial charge in [0, 0.05) is 19.0 Å². The quantitative estimate of drug-likeness (QED) is 0.832. The van der Waals surface area contributed by atoms with E-state index in [9.17, 15) is 17.6 Å². The maximum atomic E-state index is 12.8. The Morgan fingerprint density at radius 1 is 1.22 bits per heavy atom. The first-order chi connectivity index (χ1) is 10.9. The third-order valence-electron chi connectivity index (χ3n) is 4.23. The van der Waals surface area contributed by atoms with Gasteiger partial charge in [-0.2, -0.15) is 0 Å². The van der Waals surface area contributed by atoms with Crippen LogP contribution in [0, 0.1) is 11.7 Å². The zero-order chi connectivity index (χ0) is 16.9. The molecule has 2 unspecified atom stereocenters. The molecule has 0 saturated heterocycles. The molecule has 0 heterocycles. The first-order valence-corrected chi connectivity index (χ1v) is 9.41. The number of halogens is 1. The lowest BCUT2D eigenvalue weighted by Crippen LogP contribution is -2.42. The Morgan fingerprint density at radius 2 is 1.87 bits per heavy atom. The van der Waals surface area contributed by atoms with Crippen molar-refractivity contribution in [3.05, 3.63) is 30.1 Å². The predicted octanol–water partition coefficient (Wildman–Crippen LogP) is 2.19. The van der Waals surface area contributed by atoms with Crippen LogP contribution in [0.5, 0.6) is 0 Å². The van der Waals surface area contributed by atoms with Gasteiger partial charge in [-0.15, -0.1) is 0 Å². The molecule has 1 aliphatic rings. The summed E-state index contributed by atoms with van der Waals surface area (Å²) >= 11 is 0. The Kier molecular flexibility index (Phi) is 6.12. The zero-order valence-corrected chi connectivity index (χ0v) is 14.0. The van der Waals surface area contributed by atoms with Gasteiger partial charge in [-0.25, -0.2) is 17.5 Å². The SMILES string of the molecule is CC1CCCCC1NC(=O)CCNS(=O)(=O)c1ccc(F)cc1. The summed E-state index contributed by atoms with van der Waals surface area (Å²) in [7, 11) is -3.71. The lowest BCUT2D eigenvalue weighted by Gasteiger charge is -2.29. The van der Waals surface area contributed by atoms with E-state index in [0.29, 0.717) is 5.92 Å². The number of rotatable bonds is 6. The van der Waals surface area contributed by atoms with Crippen molar-refractivity contribution in [1.82, 2.24) is 10.0 Å². The Hall–Kier alpha value is -1.47. The van der Waals surface area contributed by atoms with Gasteiger partial charge in [0.05, 0.1) is 4.90 Å². The van der Waals surface area contributed by atoms with Gasteiger partial charge in [-0.3, -0.25) is 4.79 Å². The van der Waals surface area contributed by atoms with Crippen LogP contribution < -0.4 is 10.0 Å². The van der Waals surface area contributed by atoms with Gasteiger partial charge in [-0.1, -0.05) is 19.8 Å². The van der Waals surface area contributed by atoms with Crippen molar-refractivity contribution in [3.8, 4) is 0 Å². The maximum Gasteiger partial charge on any atom is 0.240 e. The molecule has 2 N–H and O–H groups in total. The fourth-order valence-electron chi connectivity index (χ4n) is 2.81. The van der Waals surface area contributed by atoms with Crippen molar-refractivity contribution < 1.29 is 17.6 Å². The normalized spacial score (nSPS) is 21.8. The number of carbonyl (C=O) groups is 1. The topological polar surface area (TPSA) is 75.3 Å². The van der Waals surface area contributed by atoms with E-state index in [1.807, 2.05) is 0 Å². The van der Waals surface area contributed by atoms with E-state index < -0.39 is 15.8 Å². The molecule has 1 amide bonds. The Balaban J connectivity index is 1.79. The standard InChI is InChI=1S/C16H23FN2O3S/c1-12-4-2-3-5-15(12)19-16(20)10-11-18-23(21,22)14-8-6-13(17)7-9-14/h6-9,12,15,18H,2-5,10-11H2,1H3,(H,19,20). The Bertz CT molecular complexity index is 631. The second kappa shape index (κ2) is 7.88.